The highest BCUT2D eigenvalue weighted by Crippen LogP contribution is 2.12. The fourth-order valence-corrected chi connectivity index (χ4v) is 1.71. The molecule has 0 aliphatic heterocycles. The maximum absolute atomic E-state index is 11.3. The van der Waals surface area contributed by atoms with E-state index in [1.807, 2.05) is 31.2 Å². The van der Waals surface area contributed by atoms with Gasteiger partial charge in [-0.1, -0.05) is 12.1 Å². The topological polar surface area (TPSA) is 73.3 Å². The van der Waals surface area contributed by atoms with Gasteiger partial charge in [0.25, 0.3) is 0 Å². The van der Waals surface area contributed by atoms with Gasteiger partial charge in [-0.2, -0.15) is 0 Å². The lowest BCUT2D eigenvalue weighted by molar-refractivity contribution is 0.0593. The van der Waals surface area contributed by atoms with Gasteiger partial charge in [-0.25, -0.2) is 9.78 Å². The molecule has 1 aromatic heterocycles. The van der Waals surface area contributed by atoms with Crippen LogP contribution >= 0.6 is 0 Å². The number of hydrogen-bond donors (Lipinski definition) is 1. The molecule has 0 aliphatic rings. The molecule has 0 aliphatic carbocycles. The quantitative estimate of drug-likeness (QED) is 0.647. The van der Waals surface area contributed by atoms with Gasteiger partial charge < -0.3 is 14.8 Å². The molecule has 1 aromatic carbocycles. The summed E-state index contributed by atoms with van der Waals surface area (Å²) in [6, 6.07) is 7.84. The first-order chi connectivity index (χ1) is 10.2. The molecule has 21 heavy (non-hydrogen) atoms. The summed E-state index contributed by atoms with van der Waals surface area (Å²) in [7, 11) is 1.31. The van der Waals surface area contributed by atoms with Crippen molar-refractivity contribution in [1.82, 2.24) is 9.97 Å². The van der Waals surface area contributed by atoms with Crippen molar-refractivity contribution in [3.8, 4) is 5.75 Å². The van der Waals surface area contributed by atoms with Gasteiger partial charge in [-0.15, -0.1) is 0 Å². The number of ether oxygens (including phenoxy) is 2. The zero-order valence-corrected chi connectivity index (χ0v) is 12.0. The molecule has 1 N–H and O–H groups in total. The Morgan fingerprint density at radius 1 is 1.33 bits per heavy atom. The summed E-state index contributed by atoms with van der Waals surface area (Å²) >= 11 is 0. The molecule has 2 aromatic rings. The number of aryl methyl sites for hydroxylation is 1. The van der Waals surface area contributed by atoms with Crippen LogP contribution in [-0.2, 0) is 4.74 Å². The highest BCUT2D eigenvalue weighted by atomic mass is 16.5. The Morgan fingerprint density at radius 3 is 2.95 bits per heavy atom. The van der Waals surface area contributed by atoms with E-state index < -0.39 is 5.97 Å². The number of rotatable bonds is 6. The first-order valence-electron chi connectivity index (χ1n) is 6.53. The van der Waals surface area contributed by atoms with Crippen molar-refractivity contribution in [3.63, 3.8) is 0 Å². The van der Waals surface area contributed by atoms with Crippen LogP contribution in [0.25, 0.3) is 0 Å². The van der Waals surface area contributed by atoms with Crippen molar-refractivity contribution in [2.45, 2.75) is 6.92 Å². The lowest BCUT2D eigenvalue weighted by Crippen LogP contribution is -2.14. The van der Waals surface area contributed by atoms with E-state index >= 15 is 0 Å². The number of nitrogens with zero attached hydrogens (tertiary/aromatic N) is 2. The Labute approximate surface area is 123 Å². The predicted molar refractivity (Wildman–Crippen MR) is 78.5 cm³/mol. The monoisotopic (exact) mass is 287 g/mol. The summed E-state index contributed by atoms with van der Waals surface area (Å²) in [4.78, 5) is 19.4. The summed E-state index contributed by atoms with van der Waals surface area (Å²) in [6.07, 6.45) is 2.90. The zero-order chi connectivity index (χ0) is 15.1. The number of methoxy groups -OCH3 is 1. The molecule has 0 saturated carbocycles. The normalized spacial score (nSPS) is 10.0. The number of anilines is 1. The number of nitrogens with one attached hydrogen (secondary N) is 1. The Hall–Kier alpha value is -2.63. The Kier molecular flexibility index (Phi) is 5.09. The maximum Gasteiger partial charge on any atom is 0.358 e. The lowest BCUT2D eigenvalue weighted by atomic mass is 10.2. The van der Waals surface area contributed by atoms with Gasteiger partial charge in [0.15, 0.2) is 5.69 Å². The summed E-state index contributed by atoms with van der Waals surface area (Å²) in [6.45, 7) is 3.04. The molecule has 0 spiro atoms. The second kappa shape index (κ2) is 7.23. The molecule has 0 amide bonds. The molecule has 6 heteroatoms. The molecule has 0 radical (unpaired) electrons. The minimum atomic E-state index is -0.512. The van der Waals surface area contributed by atoms with Gasteiger partial charge >= 0.3 is 5.97 Å². The van der Waals surface area contributed by atoms with Gasteiger partial charge in [0.05, 0.1) is 26.0 Å². The van der Waals surface area contributed by atoms with Crippen molar-refractivity contribution in [3.05, 3.63) is 47.9 Å². The molecule has 110 valence electrons. The van der Waals surface area contributed by atoms with Crippen molar-refractivity contribution in [2.75, 3.05) is 25.6 Å². The zero-order valence-electron chi connectivity index (χ0n) is 12.0. The summed E-state index contributed by atoms with van der Waals surface area (Å²) in [5.41, 5.74) is 1.32. The predicted octanol–water partition coefficient (Wildman–Crippen LogP) is 2.06. The number of carbonyl (C=O) groups is 1. The van der Waals surface area contributed by atoms with Crippen molar-refractivity contribution in [1.29, 1.82) is 0 Å². The third-order valence-corrected chi connectivity index (χ3v) is 2.70. The van der Waals surface area contributed by atoms with Crippen LogP contribution in [0, 0.1) is 6.92 Å². The second-order valence-electron chi connectivity index (χ2n) is 4.37. The van der Waals surface area contributed by atoms with Crippen LogP contribution in [0.3, 0.4) is 0 Å². The SMILES string of the molecule is COC(=O)c1cncc(NCCOc2cccc(C)c2)n1. The molecule has 1 heterocycles. The largest absolute Gasteiger partial charge is 0.492 e. The van der Waals surface area contributed by atoms with E-state index in [1.54, 1.807) is 6.20 Å². The van der Waals surface area contributed by atoms with Crippen molar-refractivity contribution < 1.29 is 14.3 Å². The fraction of sp³-hybridized carbons (Fsp3) is 0.267. The van der Waals surface area contributed by atoms with E-state index in [9.17, 15) is 4.79 Å². The first kappa shape index (κ1) is 14.8. The van der Waals surface area contributed by atoms with Crippen LogP contribution in [0.5, 0.6) is 5.75 Å². The highest BCUT2D eigenvalue weighted by Gasteiger charge is 2.08. The van der Waals surface area contributed by atoms with Crippen LogP contribution in [-0.4, -0.2) is 36.2 Å². The molecule has 0 bridgehead atoms. The third-order valence-electron chi connectivity index (χ3n) is 2.70. The summed E-state index contributed by atoms with van der Waals surface area (Å²) < 4.78 is 10.2. The van der Waals surface area contributed by atoms with Gasteiger partial charge in [-0.3, -0.25) is 4.98 Å². The van der Waals surface area contributed by atoms with E-state index in [0.29, 0.717) is 19.0 Å². The summed E-state index contributed by atoms with van der Waals surface area (Å²) in [5, 5.41) is 3.04. The van der Waals surface area contributed by atoms with Crippen molar-refractivity contribution >= 4 is 11.8 Å². The number of aromatic nitrogens is 2. The van der Waals surface area contributed by atoms with E-state index in [1.165, 1.54) is 13.3 Å². The minimum Gasteiger partial charge on any atom is -0.492 e. The van der Waals surface area contributed by atoms with Crippen molar-refractivity contribution in [2.24, 2.45) is 0 Å². The van der Waals surface area contributed by atoms with Crippen LogP contribution in [0.2, 0.25) is 0 Å². The highest BCUT2D eigenvalue weighted by molar-refractivity contribution is 5.87. The number of benzene rings is 1. The Bertz CT molecular complexity index is 617. The second-order valence-corrected chi connectivity index (χ2v) is 4.37. The number of esters is 1. The molecule has 0 unspecified atom stereocenters. The molecule has 0 saturated heterocycles. The number of carbonyl (C=O) groups excluding carboxylic acids is 1. The smallest absolute Gasteiger partial charge is 0.358 e. The fourth-order valence-electron chi connectivity index (χ4n) is 1.71. The van der Waals surface area contributed by atoms with Crippen LogP contribution in [0.1, 0.15) is 16.1 Å². The van der Waals surface area contributed by atoms with E-state index in [4.69, 9.17) is 4.74 Å². The van der Waals surface area contributed by atoms with Crippen LogP contribution < -0.4 is 10.1 Å². The average Bonchev–Trinajstić information content (AvgIpc) is 2.51. The molecule has 0 atom stereocenters. The van der Waals surface area contributed by atoms with Crippen LogP contribution in [0.15, 0.2) is 36.7 Å². The molecular formula is C15H17N3O3. The Morgan fingerprint density at radius 2 is 2.19 bits per heavy atom. The molecular weight excluding hydrogens is 270 g/mol. The average molecular weight is 287 g/mol. The molecule has 2 rings (SSSR count). The third kappa shape index (κ3) is 4.45. The van der Waals surface area contributed by atoms with Gasteiger partial charge in [-0.05, 0) is 24.6 Å². The maximum atomic E-state index is 11.3. The van der Waals surface area contributed by atoms with Gasteiger partial charge in [0.1, 0.15) is 18.2 Å². The standard InChI is InChI=1S/C15H17N3O3/c1-11-4-3-5-12(8-11)21-7-6-17-14-10-16-9-13(18-14)15(19)20-2/h3-5,8-10H,6-7H2,1-2H3,(H,17,18). The first-order valence-corrected chi connectivity index (χ1v) is 6.53. The summed E-state index contributed by atoms with van der Waals surface area (Å²) in [5.74, 6) is 0.819. The Balaban J connectivity index is 1.82. The van der Waals surface area contributed by atoms with Gasteiger partial charge in [0.2, 0.25) is 0 Å². The molecule has 6 nitrogen and oxygen atoms in total. The van der Waals surface area contributed by atoms with E-state index in [-0.39, 0.29) is 5.69 Å². The van der Waals surface area contributed by atoms with E-state index in [0.717, 1.165) is 11.3 Å². The van der Waals surface area contributed by atoms with Crippen LogP contribution in [0.4, 0.5) is 5.82 Å². The lowest BCUT2D eigenvalue weighted by Gasteiger charge is -2.08. The number of hydrogen-bond acceptors (Lipinski definition) is 6. The minimum absolute atomic E-state index is 0.169. The molecule has 0 fully saturated rings. The van der Waals surface area contributed by atoms with E-state index in [2.05, 4.69) is 20.0 Å². The van der Waals surface area contributed by atoms with Gasteiger partial charge in [0, 0.05) is 0 Å².